The maximum absolute atomic E-state index is 13.5. The summed E-state index contributed by atoms with van der Waals surface area (Å²) in [4.78, 5) is 11.5. The van der Waals surface area contributed by atoms with Gasteiger partial charge in [0.25, 0.3) is 5.56 Å². The number of aryl methyl sites for hydroxylation is 1. The normalized spacial score (nSPS) is 10.5. The zero-order valence-electron chi connectivity index (χ0n) is 9.35. The van der Waals surface area contributed by atoms with Gasteiger partial charge in [-0.2, -0.15) is 5.10 Å². The van der Waals surface area contributed by atoms with E-state index in [9.17, 15) is 9.18 Å². The van der Waals surface area contributed by atoms with Gasteiger partial charge in [0.1, 0.15) is 5.82 Å². The Morgan fingerprint density at radius 3 is 2.82 bits per heavy atom. The zero-order chi connectivity index (χ0) is 12.4. The molecule has 0 aliphatic rings. The molecule has 0 aliphatic heterocycles. The van der Waals surface area contributed by atoms with Gasteiger partial charge in [0, 0.05) is 17.3 Å². The number of nitrogens with zero attached hydrogens (tertiary/aromatic N) is 2. The summed E-state index contributed by atoms with van der Waals surface area (Å²) < 4.78 is 14.7. The highest BCUT2D eigenvalue weighted by atomic mass is 19.1. The van der Waals surface area contributed by atoms with Gasteiger partial charge >= 0.3 is 0 Å². The minimum absolute atomic E-state index is 0.0407. The lowest BCUT2D eigenvalue weighted by atomic mass is 10.1. The Morgan fingerprint density at radius 2 is 2.12 bits per heavy atom. The fourth-order valence-corrected chi connectivity index (χ4v) is 1.56. The topological polar surface area (TPSA) is 60.9 Å². The number of benzene rings is 1. The van der Waals surface area contributed by atoms with Crippen molar-refractivity contribution in [2.75, 3.05) is 5.73 Å². The maximum atomic E-state index is 13.5. The molecule has 17 heavy (non-hydrogen) atoms. The molecule has 0 fully saturated rings. The van der Waals surface area contributed by atoms with Crippen LogP contribution in [0.15, 0.2) is 35.1 Å². The van der Waals surface area contributed by atoms with Gasteiger partial charge < -0.3 is 5.73 Å². The molecule has 0 unspecified atom stereocenters. The second-order valence-corrected chi connectivity index (χ2v) is 3.78. The molecule has 0 atom stereocenters. The first-order valence-corrected chi connectivity index (χ1v) is 5.15. The predicted octanol–water partition coefficient (Wildman–Crippen LogP) is 1.32. The summed E-state index contributed by atoms with van der Waals surface area (Å²) in [5.74, 6) is -0.430. The average molecular weight is 233 g/mol. The van der Waals surface area contributed by atoms with Crippen molar-refractivity contribution in [3.8, 4) is 0 Å². The van der Waals surface area contributed by atoms with Gasteiger partial charge in [-0.1, -0.05) is 6.07 Å². The van der Waals surface area contributed by atoms with Crippen LogP contribution in [0.4, 0.5) is 10.1 Å². The van der Waals surface area contributed by atoms with Gasteiger partial charge in [-0.05, 0) is 25.1 Å². The monoisotopic (exact) mass is 233 g/mol. The fourth-order valence-electron chi connectivity index (χ4n) is 1.56. The highest BCUT2D eigenvalue weighted by Crippen LogP contribution is 2.15. The molecule has 88 valence electrons. The van der Waals surface area contributed by atoms with Crippen molar-refractivity contribution in [3.05, 3.63) is 57.8 Å². The van der Waals surface area contributed by atoms with Gasteiger partial charge in [0.05, 0.1) is 12.2 Å². The summed E-state index contributed by atoms with van der Waals surface area (Å²) in [6, 6.07) is 7.45. The van der Waals surface area contributed by atoms with Crippen LogP contribution in [-0.4, -0.2) is 9.78 Å². The molecule has 0 spiro atoms. The Balaban J connectivity index is 2.45. The van der Waals surface area contributed by atoms with Crippen LogP contribution in [0, 0.1) is 12.7 Å². The number of anilines is 1. The standard InChI is InChI=1S/C12H12FN3O/c1-8-5-6-12(17)16(15-8)7-9-10(13)3-2-4-11(9)14/h2-6H,7,14H2,1H3. The molecule has 2 aromatic rings. The quantitative estimate of drug-likeness (QED) is 0.796. The van der Waals surface area contributed by atoms with Crippen molar-refractivity contribution in [2.45, 2.75) is 13.5 Å². The Bertz CT molecular complexity index is 587. The Kier molecular flexibility index (Phi) is 2.91. The third-order valence-corrected chi connectivity index (χ3v) is 2.46. The van der Waals surface area contributed by atoms with Gasteiger partial charge in [0.15, 0.2) is 0 Å². The number of aromatic nitrogens is 2. The van der Waals surface area contributed by atoms with Crippen molar-refractivity contribution < 1.29 is 4.39 Å². The minimum atomic E-state index is -0.430. The van der Waals surface area contributed by atoms with Gasteiger partial charge in [0.2, 0.25) is 0 Å². The minimum Gasteiger partial charge on any atom is -0.398 e. The maximum Gasteiger partial charge on any atom is 0.267 e. The van der Waals surface area contributed by atoms with Crippen molar-refractivity contribution in [1.29, 1.82) is 0 Å². The van der Waals surface area contributed by atoms with Gasteiger partial charge in [-0.15, -0.1) is 0 Å². The number of halogens is 1. The summed E-state index contributed by atoms with van der Waals surface area (Å²) in [5.41, 5.74) is 6.69. The van der Waals surface area contributed by atoms with Crippen LogP contribution in [0.3, 0.4) is 0 Å². The Morgan fingerprint density at radius 1 is 1.35 bits per heavy atom. The summed E-state index contributed by atoms with van der Waals surface area (Å²) in [5, 5.41) is 4.03. The molecule has 0 amide bonds. The van der Waals surface area contributed by atoms with Crippen LogP contribution >= 0.6 is 0 Å². The largest absolute Gasteiger partial charge is 0.398 e. The first-order valence-electron chi connectivity index (χ1n) is 5.15. The van der Waals surface area contributed by atoms with E-state index in [1.807, 2.05) is 0 Å². The predicted molar refractivity (Wildman–Crippen MR) is 63.1 cm³/mol. The van der Waals surface area contributed by atoms with Crippen LogP contribution in [0.25, 0.3) is 0 Å². The lowest BCUT2D eigenvalue weighted by molar-refractivity contribution is 0.570. The van der Waals surface area contributed by atoms with E-state index in [0.717, 1.165) is 0 Å². The molecule has 0 bridgehead atoms. The second-order valence-electron chi connectivity index (χ2n) is 3.78. The third kappa shape index (κ3) is 2.33. The van der Waals surface area contributed by atoms with Crippen molar-refractivity contribution in [1.82, 2.24) is 9.78 Å². The molecule has 0 aliphatic carbocycles. The molecule has 0 saturated carbocycles. The van der Waals surface area contributed by atoms with Crippen molar-refractivity contribution >= 4 is 5.69 Å². The first kappa shape index (κ1) is 11.3. The molecular weight excluding hydrogens is 221 g/mol. The van der Waals surface area contributed by atoms with Crippen molar-refractivity contribution in [3.63, 3.8) is 0 Å². The van der Waals surface area contributed by atoms with Crippen LogP contribution in [0.2, 0.25) is 0 Å². The first-order chi connectivity index (χ1) is 8.08. The summed E-state index contributed by atoms with van der Waals surface area (Å²) >= 11 is 0. The number of nitrogen functional groups attached to an aromatic ring is 1. The molecule has 1 aromatic carbocycles. The van der Waals surface area contributed by atoms with E-state index in [-0.39, 0.29) is 17.7 Å². The SMILES string of the molecule is Cc1ccc(=O)n(Cc2c(N)cccc2F)n1. The van der Waals surface area contributed by atoms with E-state index in [1.54, 1.807) is 19.1 Å². The molecule has 1 aromatic heterocycles. The molecule has 0 saturated heterocycles. The van der Waals surface area contributed by atoms with Crippen molar-refractivity contribution in [2.24, 2.45) is 0 Å². The molecule has 1 heterocycles. The number of hydrogen-bond acceptors (Lipinski definition) is 3. The lowest BCUT2D eigenvalue weighted by Crippen LogP contribution is -2.24. The van der Waals surface area contributed by atoms with E-state index in [0.29, 0.717) is 11.4 Å². The van der Waals surface area contributed by atoms with Gasteiger partial charge in [-0.25, -0.2) is 9.07 Å². The molecule has 0 radical (unpaired) electrons. The lowest BCUT2D eigenvalue weighted by Gasteiger charge is -2.08. The third-order valence-electron chi connectivity index (χ3n) is 2.46. The zero-order valence-corrected chi connectivity index (χ0v) is 9.35. The van der Waals surface area contributed by atoms with Crippen LogP contribution in [-0.2, 0) is 6.54 Å². The van der Waals surface area contributed by atoms with E-state index < -0.39 is 5.82 Å². The van der Waals surface area contributed by atoms with E-state index in [1.165, 1.54) is 22.9 Å². The Labute approximate surface area is 97.5 Å². The smallest absolute Gasteiger partial charge is 0.267 e. The summed E-state index contributed by atoms with van der Waals surface area (Å²) in [6.45, 7) is 1.81. The van der Waals surface area contributed by atoms with Crippen LogP contribution in [0.1, 0.15) is 11.3 Å². The highest BCUT2D eigenvalue weighted by Gasteiger charge is 2.08. The molecule has 2 rings (SSSR count). The number of rotatable bonds is 2. The fraction of sp³-hybridized carbons (Fsp3) is 0.167. The average Bonchev–Trinajstić information content (AvgIpc) is 2.28. The van der Waals surface area contributed by atoms with E-state index in [4.69, 9.17) is 5.73 Å². The molecule has 2 N–H and O–H groups in total. The van der Waals surface area contributed by atoms with Gasteiger partial charge in [-0.3, -0.25) is 4.79 Å². The highest BCUT2D eigenvalue weighted by molar-refractivity contribution is 5.47. The molecule has 5 heteroatoms. The molecule has 4 nitrogen and oxygen atoms in total. The summed E-state index contributed by atoms with van der Waals surface area (Å²) in [7, 11) is 0. The van der Waals surface area contributed by atoms with E-state index in [2.05, 4.69) is 5.10 Å². The number of hydrogen-bond donors (Lipinski definition) is 1. The Hall–Kier alpha value is -2.17. The van der Waals surface area contributed by atoms with Crippen LogP contribution < -0.4 is 11.3 Å². The van der Waals surface area contributed by atoms with E-state index >= 15 is 0 Å². The summed E-state index contributed by atoms with van der Waals surface area (Å²) in [6.07, 6.45) is 0. The second kappa shape index (κ2) is 4.37. The molecular formula is C12H12FN3O. The van der Waals surface area contributed by atoms with Crippen LogP contribution in [0.5, 0.6) is 0 Å². The number of nitrogens with two attached hydrogens (primary N) is 1.